The molecule has 0 aliphatic carbocycles. The van der Waals surface area contributed by atoms with E-state index in [0.717, 1.165) is 19.3 Å². The molecule has 0 aliphatic heterocycles. The quantitative estimate of drug-likeness (QED) is 0.710. The number of hydrogen-bond acceptors (Lipinski definition) is 3. The van der Waals surface area contributed by atoms with Crippen molar-refractivity contribution in [3.05, 3.63) is 17.5 Å². The number of carboxylic acids is 1. The van der Waals surface area contributed by atoms with Crippen LogP contribution >= 0.6 is 0 Å². The highest BCUT2D eigenvalue weighted by Gasteiger charge is 2.13. The lowest BCUT2D eigenvalue weighted by atomic mass is 10.1. The second-order valence-electron chi connectivity index (χ2n) is 2.92. The van der Waals surface area contributed by atoms with E-state index in [2.05, 4.69) is 12.1 Å². The molecule has 0 radical (unpaired) electrons. The first-order valence-electron chi connectivity index (χ1n) is 4.42. The summed E-state index contributed by atoms with van der Waals surface area (Å²) in [5.74, 6) is -0.478. The zero-order valence-electron chi connectivity index (χ0n) is 7.62. The van der Waals surface area contributed by atoms with E-state index in [1.807, 2.05) is 0 Å². The normalized spacial score (nSPS) is 10.2. The van der Waals surface area contributed by atoms with Crippen LogP contribution in [0.15, 0.2) is 10.7 Å². The Hall–Kier alpha value is -1.32. The average Bonchev–Trinajstić information content (AvgIpc) is 2.53. The van der Waals surface area contributed by atoms with Crippen molar-refractivity contribution in [2.24, 2.45) is 0 Å². The van der Waals surface area contributed by atoms with Gasteiger partial charge in [0, 0.05) is 6.42 Å². The first kappa shape index (κ1) is 9.77. The Bertz CT molecular complexity index is 280. The van der Waals surface area contributed by atoms with Crippen LogP contribution in [0.3, 0.4) is 0 Å². The largest absolute Gasteiger partial charge is 0.478 e. The fraction of sp³-hybridized carbons (Fsp3) is 0.556. The number of aromatic carboxylic acids is 1. The molecule has 1 N–H and O–H groups in total. The molecule has 1 aromatic rings. The maximum atomic E-state index is 10.6. The molecule has 4 nitrogen and oxygen atoms in total. The second-order valence-corrected chi connectivity index (χ2v) is 2.92. The van der Waals surface area contributed by atoms with Crippen molar-refractivity contribution in [2.45, 2.75) is 32.6 Å². The van der Waals surface area contributed by atoms with Crippen molar-refractivity contribution >= 4 is 5.97 Å². The zero-order valence-corrected chi connectivity index (χ0v) is 7.62. The van der Waals surface area contributed by atoms with Crippen LogP contribution in [-0.2, 0) is 6.42 Å². The highest BCUT2D eigenvalue weighted by molar-refractivity contribution is 5.88. The maximum Gasteiger partial charge on any atom is 0.340 e. The summed E-state index contributed by atoms with van der Waals surface area (Å²) >= 11 is 0. The number of rotatable bonds is 5. The standard InChI is InChI=1S/C9H13NO3/c1-2-3-4-5-8-7(9(11)12)6-10-13-8/h6H,2-5H2,1H3,(H,11,12). The number of carboxylic acid groups (broad SMARTS) is 1. The molecule has 0 unspecified atom stereocenters. The van der Waals surface area contributed by atoms with Crippen molar-refractivity contribution in [1.82, 2.24) is 5.16 Å². The molecule has 72 valence electrons. The molecule has 1 aromatic heterocycles. The third-order valence-corrected chi connectivity index (χ3v) is 1.88. The van der Waals surface area contributed by atoms with Crippen LogP contribution in [0.5, 0.6) is 0 Å². The fourth-order valence-electron chi connectivity index (χ4n) is 1.15. The van der Waals surface area contributed by atoms with Crippen LogP contribution in [0.4, 0.5) is 0 Å². The van der Waals surface area contributed by atoms with E-state index < -0.39 is 5.97 Å². The van der Waals surface area contributed by atoms with Gasteiger partial charge in [0.05, 0.1) is 6.20 Å². The first-order valence-corrected chi connectivity index (χ1v) is 4.42. The molecule has 1 rings (SSSR count). The summed E-state index contributed by atoms with van der Waals surface area (Å²) < 4.78 is 4.84. The summed E-state index contributed by atoms with van der Waals surface area (Å²) in [5, 5.41) is 12.2. The van der Waals surface area contributed by atoms with Gasteiger partial charge >= 0.3 is 5.97 Å². The molecule has 0 fully saturated rings. The highest BCUT2D eigenvalue weighted by atomic mass is 16.5. The molecule has 0 atom stereocenters. The summed E-state index contributed by atoms with van der Waals surface area (Å²) in [6, 6.07) is 0. The van der Waals surface area contributed by atoms with Gasteiger partial charge < -0.3 is 9.63 Å². The van der Waals surface area contributed by atoms with E-state index in [1.165, 1.54) is 6.20 Å². The van der Waals surface area contributed by atoms with E-state index in [-0.39, 0.29) is 5.56 Å². The number of unbranched alkanes of at least 4 members (excludes halogenated alkanes) is 2. The predicted molar refractivity (Wildman–Crippen MR) is 46.7 cm³/mol. The Labute approximate surface area is 76.5 Å². The summed E-state index contributed by atoms with van der Waals surface area (Å²) in [6.07, 6.45) is 5.06. The van der Waals surface area contributed by atoms with Gasteiger partial charge in [-0.25, -0.2) is 4.79 Å². The molecule has 13 heavy (non-hydrogen) atoms. The van der Waals surface area contributed by atoms with Crippen LogP contribution in [0.1, 0.15) is 42.3 Å². The molecule has 1 heterocycles. The second kappa shape index (κ2) is 4.64. The van der Waals surface area contributed by atoms with Gasteiger partial charge in [0.1, 0.15) is 5.56 Å². The molecule has 0 bridgehead atoms. The molecule has 0 saturated heterocycles. The third-order valence-electron chi connectivity index (χ3n) is 1.88. The molecular formula is C9H13NO3. The number of aryl methyl sites for hydroxylation is 1. The Kier molecular flexibility index (Phi) is 3.49. The lowest BCUT2D eigenvalue weighted by Crippen LogP contribution is -1.98. The van der Waals surface area contributed by atoms with E-state index in [0.29, 0.717) is 12.2 Å². The number of aromatic nitrogens is 1. The van der Waals surface area contributed by atoms with Gasteiger partial charge in [-0.2, -0.15) is 0 Å². The summed E-state index contributed by atoms with van der Waals surface area (Å²) in [6.45, 7) is 2.10. The lowest BCUT2D eigenvalue weighted by Gasteiger charge is -1.95. The summed E-state index contributed by atoms with van der Waals surface area (Å²) in [4.78, 5) is 10.6. The highest BCUT2D eigenvalue weighted by Crippen LogP contribution is 2.11. The van der Waals surface area contributed by atoms with Crippen LogP contribution in [-0.4, -0.2) is 16.2 Å². The number of nitrogens with zero attached hydrogens (tertiary/aromatic N) is 1. The van der Waals surface area contributed by atoms with E-state index in [4.69, 9.17) is 9.63 Å². The van der Waals surface area contributed by atoms with Crippen molar-refractivity contribution in [2.75, 3.05) is 0 Å². The molecule has 0 saturated carbocycles. The van der Waals surface area contributed by atoms with Crippen molar-refractivity contribution < 1.29 is 14.4 Å². The Morgan fingerprint density at radius 2 is 2.38 bits per heavy atom. The van der Waals surface area contributed by atoms with Gasteiger partial charge in [0.25, 0.3) is 0 Å². The van der Waals surface area contributed by atoms with E-state index in [1.54, 1.807) is 0 Å². The Morgan fingerprint density at radius 3 is 3.00 bits per heavy atom. The van der Waals surface area contributed by atoms with Gasteiger partial charge in [-0.1, -0.05) is 24.9 Å². The maximum absolute atomic E-state index is 10.6. The van der Waals surface area contributed by atoms with Crippen molar-refractivity contribution in [3.63, 3.8) is 0 Å². The van der Waals surface area contributed by atoms with Crippen LogP contribution < -0.4 is 0 Å². The van der Waals surface area contributed by atoms with Gasteiger partial charge in [0.15, 0.2) is 5.76 Å². The lowest BCUT2D eigenvalue weighted by molar-refractivity contribution is 0.0694. The Balaban J connectivity index is 2.55. The minimum absolute atomic E-state index is 0.191. The molecular weight excluding hydrogens is 170 g/mol. The SMILES string of the molecule is CCCCCc1oncc1C(=O)O. The smallest absolute Gasteiger partial charge is 0.340 e. The van der Waals surface area contributed by atoms with Crippen LogP contribution in [0, 0.1) is 0 Å². The van der Waals surface area contributed by atoms with Crippen LogP contribution in [0.25, 0.3) is 0 Å². The molecule has 4 heteroatoms. The summed E-state index contributed by atoms with van der Waals surface area (Å²) in [7, 11) is 0. The fourth-order valence-corrected chi connectivity index (χ4v) is 1.15. The van der Waals surface area contributed by atoms with Crippen molar-refractivity contribution in [3.8, 4) is 0 Å². The number of carbonyl (C=O) groups is 1. The van der Waals surface area contributed by atoms with E-state index in [9.17, 15) is 4.79 Å². The zero-order chi connectivity index (χ0) is 9.68. The number of hydrogen-bond donors (Lipinski definition) is 1. The molecule has 0 amide bonds. The summed E-state index contributed by atoms with van der Waals surface area (Å²) in [5.41, 5.74) is 0.191. The molecule has 0 spiro atoms. The minimum atomic E-state index is -0.965. The average molecular weight is 183 g/mol. The topological polar surface area (TPSA) is 63.3 Å². The van der Waals surface area contributed by atoms with Gasteiger partial charge in [-0.05, 0) is 6.42 Å². The first-order chi connectivity index (χ1) is 6.25. The van der Waals surface area contributed by atoms with Gasteiger partial charge in [0.2, 0.25) is 0 Å². The van der Waals surface area contributed by atoms with Crippen LogP contribution in [0.2, 0.25) is 0 Å². The monoisotopic (exact) mass is 183 g/mol. The van der Waals surface area contributed by atoms with Crippen molar-refractivity contribution in [1.29, 1.82) is 0 Å². The predicted octanol–water partition coefficient (Wildman–Crippen LogP) is 2.11. The van der Waals surface area contributed by atoms with Gasteiger partial charge in [-0.15, -0.1) is 0 Å². The molecule has 0 aliphatic rings. The Morgan fingerprint density at radius 1 is 1.62 bits per heavy atom. The minimum Gasteiger partial charge on any atom is -0.478 e. The molecule has 0 aromatic carbocycles. The van der Waals surface area contributed by atoms with Gasteiger partial charge in [-0.3, -0.25) is 0 Å². The van der Waals surface area contributed by atoms with E-state index >= 15 is 0 Å². The third kappa shape index (κ3) is 2.57.